The molecule has 6 nitrogen and oxygen atoms in total. The van der Waals surface area contributed by atoms with Crippen molar-refractivity contribution in [1.29, 1.82) is 0 Å². The minimum Gasteiger partial charge on any atom is -0.367 e. The molecule has 1 aliphatic heterocycles. The van der Waals surface area contributed by atoms with E-state index in [1.165, 1.54) is 19.2 Å². The molecule has 1 aliphatic rings. The van der Waals surface area contributed by atoms with Gasteiger partial charge in [0.1, 0.15) is 0 Å². The molecule has 1 heterocycles. The first-order chi connectivity index (χ1) is 11.1. The minimum atomic E-state index is -0.683. The Morgan fingerprint density at radius 3 is 2.65 bits per heavy atom. The Morgan fingerprint density at radius 2 is 2.00 bits per heavy atom. The number of methoxy groups -OCH3 is 1. The molecule has 0 unspecified atom stereocenters. The molecule has 1 amide bonds. The lowest BCUT2D eigenvalue weighted by atomic mass is 10.1. The van der Waals surface area contributed by atoms with E-state index in [1.807, 2.05) is 30.3 Å². The van der Waals surface area contributed by atoms with Crippen molar-refractivity contribution >= 4 is 17.3 Å². The van der Waals surface area contributed by atoms with Crippen LogP contribution in [-0.4, -0.2) is 24.5 Å². The number of amides is 1. The summed E-state index contributed by atoms with van der Waals surface area (Å²) in [6, 6.07) is 13.9. The SMILES string of the molecule is CO[C@H](C(=O)N1CCc2cc([N+](=O)[O-])ccc21)c1ccccc1. The summed E-state index contributed by atoms with van der Waals surface area (Å²) in [5.74, 6) is -0.161. The third-order valence-corrected chi connectivity index (χ3v) is 4.00. The Kier molecular flexibility index (Phi) is 4.08. The van der Waals surface area contributed by atoms with Crippen LogP contribution in [0.1, 0.15) is 17.2 Å². The summed E-state index contributed by atoms with van der Waals surface area (Å²) in [6.45, 7) is 0.502. The van der Waals surface area contributed by atoms with Gasteiger partial charge in [0.2, 0.25) is 0 Å². The second-order valence-electron chi connectivity index (χ2n) is 5.34. The van der Waals surface area contributed by atoms with Gasteiger partial charge in [0.25, 0.3) is 11.6 Å². The van der Waals surface area contributed by atoms with Crippen LogP contribution in [-0.2, 0) is 16.0 Å². The third-order valence-electron chi connectivity index (χ3n) is 4.00. The zero-order valence-electron chi connectivity index (χ0n) is 12.6. The Hall–Kier alpha value is -2.73. The second kappa shape index (κ2) is 6.18. The van der Waals surface area contributed by atoms with Gasteiger partial charge < -0.3 is 9.64 Å². The van der Waals surface area contributed by atoms with Gasteiger partial charge in [0.05, 0.1) is 4.92 Å². The molecule has 6 heteroatoms. The third kappa shape index (κ3) is 2.80. The summed E-state index contributed by atoms with van der Waals surface area (Å²) >= 11 is 0. The molecule has 2 aromatic carbocycles. The number of nitro groups is 1. The number of benzene rings is 2. The van der Waals surface area contributed by atoms with E-state index >= 15 is 0 Å². The number of non-ortho nitro benzene ring substituents is 1. The van der Waals surface area contributed by atoms with Gasteiger partial charge in [-0.1, -0.05) is 30.3 Å². The Bertz CT molecular complexity index is 746. The fourth-order valence-electron chi connectivity index (χ4n) is 2.88. The van der Waals surface area contributed by atoms with E-state index in [1.54, 1.807) is 11.0 Å². The van der Waals surface area contributed by atoms with Crippen LogP contribution in [0.15, 0.2) is 48.5 Å². The molecule has 23 heavy (non-hydrogen) atoms. The number of fused-ring (bicyclic) bond motifs is 1. The van der Waals surface area contributed by atoms with Crippen LogP contribution in [0.4, 0.5) is 11.4 Å². The number of ether oxygens (including phenoxy) is 1. The molecule has 0 saturated carbocycles. The second-order valence-corrected chi connectivity index (χ2v) is 5.34. The first kappa shape index (κ1) is 15.2. The number of hydrogen-bond donors (Lipinski definition) is 0. The van der Waals surface area contributed by atoms with Gasteiger partial charge in [0.15, 0.2) is 6.10 Å². The predicted octanol–water partition coefficient (Wildman–Crippen LogP) is 2.87. The molecule has 2 aromatic rings. The van der Waals surface area contributed by atoms with E-state index in [0.29, 0.717) is 13.0 Å². The molecule has 0 N–H and O–H groups in total. The van der Waals surface area contributed by atoms with Gasteiger partial charge in [-0.2, -0.15) is 0 Å². The molecule has 0 saturated heterocycles. The van der Waals surface area contributed by atoms with Crippen LogP contribution in [0, 0.1) is 10.1 Å². The molecule has 0 aromatic heterocycles. The lowest BCUT2D eigenvalue weighted by Gasteiger charge is -2.23. The number of rotatable bonds is 4. The van der Waals surface area contributed by atoms with Crippen LogP contribution in [0.25, 0.3) is 0 Å². The largest absolute Gasteiger partial charge is 0.367 e. The van der Waals surface area contributed by atoms with Crippen LogP contribution in [0.5, 0.6) is 0 Å². The summed E-state index contributed by atoms with van der Waals surface area (Å²) in [5, 5.41) is 10.9. The average molecular weight is 312 g/mol. The Labute approximate surface area is 133 Å². The number of nitrogens with zero attached hydrogens (tertiary/aromatic N) is 2. The summed E-state index contributed by atoms with van der Waals surface area (Å²) in [7, 11) is 1.50. The highest BCUT2D eigenvalue weighted by Gasteiger charge is 2.32. The quantitative estimate of drug-likeness (QED) is 0.643. The molecular formula is C17H16N2O4. The Morgan fingerprint density at radius 1 is 1.26 bits per heavy atom. The van der Waals surface area contributed by atoms with E-state index in [2.05, 4.69) is 0 Å². The average Bonchev–Trinajstić information content (AvgIpc) is 2.99. The van der Waals surface area contributed by atoms with Crippen molar-refractivity contribution in [3.63, 3.8) is 0 Å². The zero-order valence-corrected chi connectivity index (χ0v) is 12.6. The normalized spacial score (nSPS) is 14.4. The monoisotopic (exact) mass is 312 g/mol. The molecule has 118 valence electrons. The van der Waals surface area contributed by atoms with E-state index < -0.39 is 11.0 Å². The van der Waals surface area contributed by atoms with Gasteiger partial charge in [-0.05, 0) is 23.6 Å². The number of hydrogen-bond acceptors (Lipinski definition) is 4. The van der Waals surface area contributed by atoms with E-state index in [9.17, 15) is 14.9 Å². The maximum absolute atomic E-state index is 12.8. The lowest BCUT2D eigenvalue weighted by Crippen LogP contribution is -2.34. The molecule has 1 atom stereocenters. The number of anilines is 1. The topological polar surface area (TPSA) is 72.7 Å². The van der Waals surface area contributed by atoms with Gasteiger partial charge in [-0.25, -0.2) is 0 Å². The fraction of sp³-hybridized carbons (Fsp3) is 0.235. The molecule has 0 radical (unpaired) electrons. The number of nitro benzene ring substituents is 1. The van der Waals surface area contributed by atoms with Crippen molar-refractivity contribution in [2.24, 2.45) is 0 Å². The standard InChI is InChI=1S/C17H16N2O4/c1-23-16(12-5-3-2-4-6-12)17(20)18-10-9-13-11-14(19(21)22)7-8-15(13)18/h2-8,11,16H,9-10H2,1H3/t16-/m0/s1. The summed E-state index contributed by atoms with van der Waals surface area (Å²) in [5.41, 5.74) is 2.37. The van der Waals surface area contributed by atoms with Crippen molar-refractivity contribution in [2.45, 2.75) is 12.5 Å². The van der Waals surface area contributed by atoms with Crippen LogP contribution < -0.4 is 4.90 Å². The smallest absolute Gasteiger partial charge is 0.269 e. The maximum Gasteiger partial charge on any atom is 0.269 e. The first-order valence-electron chi connectivity index (χ1n) is 7.28. The van der Waals surface area contributed by atoms with Crippen molar-refractivity contribution in [3.8, 4) is 0 Å². The Balaban J connectivity index is 1.89. The van der Waals surface area contributed by atoms with Crippen LogP contribution in [0.3, 0.4) is 0 Å². The van der Waals surface area contributed by atoms with Crippen LogP contribution >= 0.6 is 0 Å². The van der Waals surface area contributed by atoms with Gasteiger partial charge in [-0.15, -0.1) is 0 Å². The molecular weight excluding hydrogens is 296 g/mol. The highest BCUT2D eigenvalue weighted by molar-refractivity contribution is 5.99. The molecule has 0 spiro atoms. The summed E-state index contributed by atoms with van der Waals surface area (Å²) in [4.78, 5) is 24.9. The molecule has 3 rings (SSSR count). The summed E-state index contributed by atoms with van der Waals surface area (Å²) < 4.78 is 5.39. The van der Waals surface area contributed by atoms with Crippen LogP contribution in [0.2, 0.25) is 0 Å². The van der Waals surface area contributed by atoms with Crippen molar-refractivity contribution in [1.82, 2.24) is 0 Å². The van der Waals surface area contributed by atoms with Crippen molar-refractivity contribution in [3.05, 3.63) is 69.8 Å². The highest BCUT2D eigenvalue weighted by Crippen LogP contribution is 2.33. The van der Waals surface area contributed by atoms with E-state index in [-0.39, 0.29) is 11.6 Å². The van der Waals surface area contributed by atoms with Gasteiger partial charge >= 0.3 is 0 Å². The highest BCUT2D eigenvalue weighted by atomic mass is 16.6. The lowest BCUT2D eigenvalue weighted by molar-refractivity contribution is -0.384. The zero-order chi connectivity index (χ0) is 16.4. The molecule has 0 bridgehead atoms. The van der Waals surface area contributed by atoms with Crippen molar-refractivity contribution < 1.29 is 14.5 Å². The van der Waals surface area contributed by atoms with Crippen molar-refractivity contribution in [2.75, 3.05) is 18.6 Å². The number of carbonyl (C=O) groups is 1. The fourth-order valence-corrected chi connectivity index (χ4v) is 2.88. The van der Waals surface area contributed by atoms with E-state index in [0.717, 1.165) is 16.8 Å². The summed E-state index contributed by atoms with van der Waals surface area (Å²) in [6.07, 6.45) is -0.0779. The maximum atomic E-state index is 12.8. The predicted molar refractivity (Wildman–Crippen MR) is 85.3 cm³/mol. The first-order valence-corrected chi connectivity index (χ1v) is 7.28. The van der Waals surface area contributed by atoms with E-state index in [4.69, 9.17) is 4.74 Å². The minimum absolute atomic E-state index is 0.0457. The van der Waals surface area contributed by atoms with Gasteiger partial charge in [0, 0.05) is 31.5 Å². The molecule has 0 aliphatic carbocycles. The van der Waals surface area contributed by atoms with Gasteiger partial charge in [-0.3, -0.25) is 14.9 Å². The molecule has 0 fully saturated rings. The number of carbonyl (C=O) groups excluding carboxylic acids is 1.